The Morgan fingerprint density at radius 1 is 1.09 bits per heavy atom. The Morgan fingerprint density at radius 2 is 1.61 bits per heavy atom. The lowest BCUT2D eigenvalue weighted by atomic mass is 9.87. The number of carbonyl (C=O) groups is 1. The van der Waals surface area contributed by atoms with E-state index in [1.807, 2.05) is 12.1 Å². The Bertz CT molecular complexity index is 655. The van der Waals surface area contributed by atoms with Crippen molar-refractivity contribution in [2.24, 2.45) is 5.73 Å². The number of amides is 1. The number of carbonyl (C=O) groups excluding carboxylic acids is 1. The predicted octanol–water partition coefficient (Wildman–Crippen LogP) is 0.776. The first kappa shape index (κ1) is 17.9. The standard InChI is InChI=1S/C16H25N3O3S/c1-16(2,3)13-4-6-14(7-5-13)23(21,22)19-10-8-18(9-11-19)15(20)12-17/h4-7H,8-12,17H2,1-3H3. The molecule has 23 heavy (non-hydrogen) atoms. The summed E-state index contributed by atoms with van der Waals surface area (Å²) in [5.74, 6) is -0.142. The van der Waals surface area contributed by atoms with Crippen molar-refractivity contribution in [2.75, 3.05) is 32.7 Å². The van der Waals surface area contributed by atoms with Crippen molar-refractivity contribution in [1.82, 2.24) is 9.21 Å². The van der Waals surface area contributed by atoms with Crippen LogP contribution in [0.2, 0.25) is 0 Å². The van der Waals surface area contributed by atoms with E-state index in [-0.39, 0.29) is 17.9 Å². The molecule has 0 spiro atoms. The molecule has 0 bridgehead atoms. The molecule has 0 unspecified atom stereocenters. The van der Waals surface area contributed by atoms with Crippen molar-refractivity contribution in [3.8, 4) is 0 Å². The van der Waals surface area contributed by atoms with Crippen LogP contribution in [0.5, 0.6) is 0 Å². The molecule has 1 aromatic carbocycles. The largest absolute Gasteiger partial charge is 0.339 e. The van der Waals surface area contributed by atoms with Crippen LogP contribution in [0, 0.1) is 0 Å². The molecular formula is C16H25N3O3S. The van der Waals surface area contributed by atoms with Crippen LogP contribution in [-0.4, -0.2) is 56.3 Å². The van der Waals surface area contributed by atoms with Gasteiger partial charge in [0.05, 0.1) is 11.4 Å². The van der Waals surface area contributed by atoms with Crippen molar-refractivity contribution < 1.29 is 13.2 Å². The zero-order chi connectivity index (χ0) is 17.3. The van der Waals surface area contributed by atoms with Crippen molar-refractivity contribution in [2.45, 2.75) is 31.1 Å². The molecule has 128 valence electrons. The first-order valence-electron chi connectivity index (χ1n) is 7.75. The molecule has 0 aromatic heterocycles. The van der Waals surface area contributed by atoms with Crippen LogP contribution in [0.15, 0.2) is 29.2 Å². The summed E-state index contributed by atoms with van der Waals surface area (Å²) in [4.78, 5) is 13.5. The van der Waals surface area contributed by atoms with E-state index >= 15 is 0 Å². The van der Waals surface area contributed by atoms with Gasteiger partial charge < -0.3 is 10.6 Å². The Balaban J connectivity index is 2.12. The van der Waals surface area contributed by atoms with Crippen LogP contribution >= 0.6 is 0 Å². The van der Waals surface area contributed by atoms with Crippen molar-refractivity contribution in [3.63, 3.8) is 0 Å². The molecule has 0 radical (unpaired) electrons. The molecule has 7 heteroatoms. The minimum Gasteiger partial charge on any atom is -0.339 e. The van der Waals surface area contributed by atoms with E-state index in [1.54, 1.807) is 17.0 Å². The van der Waals surface area contributed by atoms with E-state index < -0.39 is 10.0 Å². The number of hydrogen-bond acceptors (Lipinski definition) is 4. The summed E-state index contributed by atoms with van der Waals surface area (Å²) in [6, 6.07) is 7.04. The Morgan fingerprint density at radius 3 is 2.04 bits per heavy atom. The molecule has 0 atom stereocenters. The van der Waals surface area contributed by atoms with Gasteiger partial charge in [0.2, 0.25) is 15.9 Å². The smallest absolute Gasteiger partial charge is 0.243 e. The van der Waals surface area contributed by atoms with Gasteiger partial charge in [-0.3, -0.25) is 4.79 Å². The maximum atomic E-state index is 12.7. The summed E-state index contributed by atoms with van der Waals surface area (Å²) in [5, 5.41) is 0. The Kier molecular flexibility index (Phi) is 5.13. The summed E-state index contributed by atoms with van der Waals surface area (Å²) in [6.07, 6.45) is 0. The number of nitrogens with zero attached hydrogens (tertiary/aromatic N) is 2. The fourth-order valence-electron chi connectivity index (χ4n) is 2.58. The van der Waals surface area contributed by atoms with Crippen LogP contribution in [0.25, 0.3) is 0 Å². The highest BCUT2D eigenvalue weighted by Crippen LogP contribution is 2.25. The summed E-state index contributed by atoms with van der Waals surface area (Å²) in [7, 11) is -3.52. The lowest BCUT2D eigenvalue weighted by Gasteiger charge is -2.33. The zero-order valence-electron chi connectivity index (χ0n) is 13.9. The summed E-state index contributed by atoms with van der Waals surface area (Å²) in [5.41, 5.74) is 6.42. The van der Waals surface area contributed by atoms with Gasteiger partial charge in [-0.1, -0.05) is 32.9 Å². The first-order chi connectivity index (χ1) is 10.7. The second kappa shape index (κ2) is 6.59. The topological polar surface area (TPSA) is 83.7 Å². The van der Waals surface area contributed by atoms with E-state index in [9.17, 15) is 13.2 Å². The summed E-state index contributed by atoms with van der Waals surface area (Å²) < 4.78 is 26.8. The summed E-state index contributed by atoms with van der Waals surface area (Å²) in [6.45, 7) is 7.59. The number of nitrogens with two attached hydrogens (primary N) is 1. The average molecular weight is 339 g/mol. The van der Waals surface area contributed by atoms with Crippen molar-refractivity contribution in [3.05, 3.63) is 29.8 Å². The molecular weight excluding hydrogens is 314 g/mol. The molecule has 1 amide bonds. The highest BCUT2D eigenvalue weighted by atomic mass is 32.2. The van der Waals surface area contributed by atoms with Gasteiger partial charge in [0.25, 0.3) is 0 Å². The SMILES string of the molecule is CC(C)(C)c1ccc(S(=O)(=O)N2CCN(C(=O)CN)CC2)cc1. The van der Waals surface area contributed by atoms with Gasteiger partial charge >= 0.3 is 0 Å². The monoisotopic (exact) mass is 339 g/mol. The average Bonchev–Trinajstić information content (AvgIpc) is 2.53. The molecule has 0 saturated carbocycles. The van der Waals surface area contributed by atoms with Gasteiger partial charge in [0.1, 0.15) is 0 Å². The summed E-state index contributed by atoms with van der Waals surface area (Å²) >= 11 is 0. The maximum Gasteiger partial charge on any atom is 0.243 e. The number of piperazine rings is 1. The highest BCUT2D eigenvalue weighted by Gasteiger charge is 2.29. The van der Waals surface area contributed by atoms with Crippen LogP contribution in [0.3, 0.4) is 0 Å². The van der Waals surface area contributed by atoms with Gasteiger partial charge in [-0.15, -0.1) is 0 Å². The van der Waals surface area contributed by atoms with E-state index in [0.29, 0.717) is 31.1 Å². The van der Waals surface area contributed by atoms with Gasteiger partial charge in [0, 0.05) is 26.2 Å². The number of sulfonamides is 1. The molecule has 0 aliphatic carbocycles. The lowest BCUT2D eigenvalue weighted by Crippen LogP contribution is -2.51. The van der Waals surface area contributed by atoms with Crippen LogP contribution in [-0.2, 0) is 20.2 Å². The van der Waals surface area contributed by atoms with Crippen LogP contribution in [0.1, 0.15) is 26.3 Å². The Labute approximate surface area is 138 Å². The first-order valence-corrected chi connectivity index (χ1v) is 9.19. The van der Waals surface area contributed by atoms with E-state index in [4.69, 9.17) is 5.73 Å². The molecule has 1 fully saturated rings. The maximum absolute atomic E-state index is 12.7. The molecule has 1 heterocycles. The van der Waals surface area contributed by atoms with E-state index in [1.165, 1.54) is 4.31 Å². The fourth-order valence-corrected chi connectivity index (χ4v) is 4.01. The van der Waals surface area contributed by atoms with Gasteiger partial charge in [-0.2, -0.15) is 4.31 Å². The molecule has 1 saturated heterocycles. The lowest BCUT2D eigenvalue weighted by molar-refractivity contribution is -0.130. The molecule has 1 aliphatic rings. The van der Waals surface area contributed by atoms with E-state index in [0.717, 1.165) is 5.56 Å². The van der Waals surface area contributed by atoms with Crippen LogP contribution < -0.4 is 5.73 Å². The quantitative estimate of drug-likeness (QED) is 0.882. The van der Waals surface area contributed by atoms with Gasteiger partial charge in [-0.05, 0) is 23.1 Å². The number of benzene rings is 1. The molecule has 2 N–H and O–H groups in total. The Hall–Kier alpha value is -1.44. The number of rotatable bonds is 3. The highest BCUT2D eigenvalue weighted by molar-refractivity contribution is 7.89. The van der Waals surface area contributed by atoms with E-state index in [2.05, 4.69) is 20.8 Å². The van der Waals surface area contributed by atoms with Crippen molar-refractivity contribution >= 4 is 15.9 Å². The molecule has 1 aromatic rings. The fraction of sp³-hybridized carbons (Fsp3) is 0.562. The third-order valence-electron chi connectivity index (χ3n) is 4.12. The third-order valence-corrected chi connectivity index (χ3v) is 6.04. The third kappa shape index (κ3) is 3.91. The predicted molar refractivity (Wildman–Crippen MR) is 89.5 cm³/mol. The zero-order valence-corrected chi connectivity index (χ0v) is 14.8. The van der Waals surface area contributed by atoms with Gasteiger partial charge in [-0.25, -0.2) is 8.42 Å². The molecule has 6 nitrogen and oxygen atoms in total. The second-order valence-corrected chi connectivity index (χ2v) is 8.70. The van der Waals surface area contributed by atoms with Crippen LogP contribution in [0.4, 0.5) is 0 Å². The second-order valence-electron chi connectivity index (χ2n) is 6.76. The van der Waals surface area contributed by atoms with Gasteiger partial charge in [0.15, 0.2) is 0 Å². The number of hydrogen-bond donors (Lipinski definition) is 1. The van der Waals surface area contributed by atoms with Crippen molar-refractivity contribution in [1.29, 1.82) is 0 Å². The molecule has 2 rings (SSSR count). The molecule has 1 aliphatic heterocycles. The normalized spacial score (nSPS) is 17.3. The minimum absolute atomic E-state index is 0.0174. The minimum atomic E-state index is -3.52.